The predicted octanol–water partition coefficient (Wildman–Crippen LogP) is 20.5. The Balaban J connectivity index is -0.000000834. The molecule has 3 amide bonds. The molecule has 0 spiro atoms. The SMILES string of the molecule is CCCCC/C=C\C/C=C\CCCCCCCC(=O)NC(CCN(C)C)NC(=O)CCCCCCC/C=C\C/C=C\CCCCC.CCCCCCCC/C=C\CCCCCCCC(=O)C[N+](CC)(CCO)C(=O)CCCCCCC/C=C\CCCCCCCC.Cl.[Cl-]. The van der Waals surface area contributed by atoms with Crippen LogP contribution < -0.4 is 23.0 Å². The summed E-state index contributed by atoms with van der Waals surface area (Å²) >= 11 is 0. The largest absolute Gasteiger partial charge is 1.00 e. The maximum absolute atomic E-state index is 13.3. The van der Waals surface area contributed by atoms with Gasteiger partial charge in [0.1, 0.15) is 19.3 Å². The minimum Gasteiger partial charge on any atom is -1.00 e. The molecule has 0 rings (SSSR count). The van der Waals surface area contributed by atoms with E-state index < -0.39 is 0 Å². The Hall–Kier alpha value is -2.82. The number of quaternary nitrogens is 1. The topological polar surface area (TPSA) is 116 Å². The number of aliphatic hydroxyl groups excluding tert-OH is 1. The minimum atomic E-state index is -0.293. The van der Waals surface area contributed by atoms with Crippen molar-refractivity contribution in [2.45, 2.75) is 381 Å². The number of hydrogen-bond donors (Lipinski definition) is 3. The molecule has 0 bridgehead atoms. The van der Waals surface area contributed by atoms with Crippen LogP contribution in [0.4, 0.5) is 0 Å². The quantitative estimate of drug-likeness (QED) is 0.0242. The number of halogens is 2. The van der Waals surface area contributed by atoms with Gasteiger partial charge in [-0.25, -0.2) is 4.79 Å². The van der Waals surface area contributed by atoms with E-state index in [4.69, 9.17) is 0 Å². The van der Waals surface area contributed by atoms with Gasteiger partial charge in [0.25, 0.3) is 0 Å². The highest BCUT2D eigenvalue weighted by Crippen LogP contribution is 2.18. The van der Waals surface area contributed by atoms with Gasteiger partial charge in [0.2, 0.25) is 11.8 Å². The number of ketones is 1. The Labute approximate surface area is 590 Å². The first-order valence-corrected chi connectivity index (χ1v) is 39.2. The van der Waals surface area contributed by atoms with Crippen molar-refractivity contribution in [2.24, 2.45) is 0 Å². The van der Waals surface area contributed by atoms with Crippen LogP contribution in [0.5, 0.6) is 0 Å². The van der Waals surface area contributed by atoms with Crippen LogP contribution in [0.2, 0.25) is 0 Å². The lowest BCUT2D eigenvalue weighted by molar-refractivity contribution is -0.845. The van der Waals surface area contributed by atoms with Crippen LogP contribution in [0, 0.1) is 0 Å². The molecular weight excluding hydrogens is 1190 g/mol. The lowest BCUT2D eigenvalue weighted by Gasteiger charge is -2.34. The van der Waals surface area contributed by atoms with Crippen LogP contribution in [0.25, 0.3) is 0 Å². The summed E-state index contributed by atoms with van der Waals surface area (Å²) in [5, 5.41) is 15.9. The number of rotatable bonds is 68. The summed E-state index contributed by atoms with van der Waals surface area (Å²) < 4.78 is 0.129. The number of allylic oxidation sites excluding steroid dienone is 12. The van der Waals surface area contributed by atoms with Crippen LogP contribution in [0.15, 0.2) is 72.9 Å². The number of carbonyl (C=O) groups is 4. The molecule has 11 heteroatoms. The number of hydrogen-bond acceptors (Lipinski definition) is 6. The summed E-state index contributed by atoms with van der Waals surface area (Å²) in [6, 6.07) is 0. The number of nitrogens with one attached hydrogen (secondary N) is 2. The monoisotopic (exact) mass is 1350 g/mol. The van der Waals surface area contributed by atoms with Crippen molar-refractivity contribution in [3.8, 4) is 0 Å². The van der Waals surface area contributed by atoms with Crippen LogP contribution in [-0.4, -0.2) is 91.0 Å². The number of amides is 3. The van der Waals surface area contributed by atoms with Gasteiger partial charge in [0, 0.05) is 25.8 Å². The molecule has 0 aromatic rings. The molecular formula is C82H154Cl2N4O5. The highest BCUT2D eigenvalue weighted by Gasteiger charge is 2.36. The van der Waals surface area contributed by atoms with Crippen molar-refractivity contribution in [1.29, 1.82) is 0 Å². The van der Waals surface area contributed by atoms with Gasteiger partial charge in [-0.05, 0) is 169 Å². The van der Waals surface area contributed by atoms with Crippen molar-refractivity contribution in [2.75, 3.05) is 46.9 Å². The normalized spacial score (nSPS) is 12.5. The predicted molar refractivity (Wildman–Crippen MR) is 406 cm³/mol. The van der Waals surface area contributed by atoms with Crippen molar-refractivity contribution in [1.82, 2.24) is 15.5 Å². The van der Waals surface area contributed by atoms with E-state index in [1.54, 1.807) is 0 Å². The Morgan fingerprint density at radius 2 is 0.645 bits per heavy atom. The van der Waals surface area contributed by atoms with E-state index >= 15 is 0 Å². The molecule has 0 aliphatic heterocycles. The smallest absolute Gasteiger partial charge is 0.314 e. The first kappa shape index (κ1) is 96.6. The molecule has 0 saturated carbocycles. The van der Waals surface area contributed by atoms with E-state index in [1.807, 2.05) is 21.0 Å². The van der Waals surface area contributed by atoms with Crippen molar-refractivity contribution >= 4 is 35.9 Å². The average molecular weight is 1350 g/mol. The van der Waals surface area contributed by atoms with Gasteiger partial charge in [0.15, 0.2) is 5.78 Å². The fourth-order valence-corrected chi connectivity index (χ4v) is 11.6. The van der Waals surface area contributed by atoms with Crippen LogP contribution >= 0.6 is 12.4 Å². The zero-order valence-electron chi connectivity index (χ0n) is 62.3. The number of unbranched alkanes of at least 4 members (excludes halogenated alkanes) is 38. The van der Waals surface area contributed by atoms with Gasteiger partial charge >= 0.3 is 5.91 Å². The second kappa shape index (κ2) is 79.9. The van der Waals surface area contributed by atoms with Gasteiger partial charge < -0.3 is 33.0 Å². The zero-order chi connectivity index (χ0) is 66.9. The molecule has 0 saturated heterocycles. The summed E-state index contributed by atoms with van der Waals surface area (Å²) in [5.74, 6) is 0.418. The van der Waals surface area contributed by atoms with Crippen molar-refractivity contribution in [3.63, 3.8) is 0 Å². The van der Waals surface area contributed by atoms with E-state index in [0.717, 1.165) is 90.0 Å². The third-order valence-corrected chi connectivity index (χ3v) is 17.8. The molecule has 9 nitrogen and oxygen atoms in total. The second-order valence-electron chi connectivity index (χ2n) is 26.9. The number of Topliss-reactive ketones (excluding diaryl/α,β-unsaturated/α-hetero) is 1. The summed E-state index contributed by atoms with van der Waals surface area (Å²) in [6.45, 7) is 13.0. The van der Waals surface area contributed by atoms with E-state index in [1.165, 1.54) is 231 Å². The van der Waals surface area contributed by atoms with E-state index in [-0.39, 0.29) is 72.1 Å². The molecule has 0 heterocycles. The highest BCUT2D eigenvalue weighted by atomic mass is 35.5. The molecule has 546 valence electrons. The molecule has 0 aliphatic rings. The highest BCUT2D eigenvalue weighted by molar-refractivity contribution is 5.85. The lowest BCUT2D eigenvalue weighted by Crippen LogP contribution is -3.00. The van der Waals surface area contributed by atoms with E-state index in [9.17, 15) is 24.3 Å². The van der Waals surface area contributed by atoms with E-state index in [2.05, 4.69) is 116 Å². The first-order chi connectivity index (χ1) is 44.5. The average Bonchev–Trinajstić information content (AvgIpc) is 1.68. The Morgan fingerprint density at radius 1 is 0.376 bits per heavy atom. The molecule has 3 N–H and O–H groups in total. The van der Waals surface area contributed by atoms with Gasteiger partial charge in [-0.1, -0.05) is 268 Å². The molecule has 1 atom stereocenters. The zero-order valence-corrected chi connectivity index (χ0v) is 63.9. The standard InChI is InChI=1S/C41H75N3O2.C41H78NO3.2ClH/c1-5-7-9-11-13-15-17-19-21-23-25-27-29-31-33-35-40(45)42-39(37-38-44(3)4)43-41(46)36-34-32-30-28-26-24-22-20-18-16-14-12-10-8-6-2;1-4-7-9-11-13-15-17-19-21-23-25-27-29-31-33-35-40(44)39-42(6-3,37-38-43)41(45)36-34-32-30-28-26-24-22-20-18-16-14-12-10-8-5-2;;/h13-16,19-22,39H,5-12,17-18,23-38H2,1-4H3,(H,42,45)(H,43,46);19-22,43H,4-18,23-39H2,1-3H3;2*1H/q;+1;;/p-1/b15-13-,16-14-,21-19-,22-20-;21-19-,22-20-;;. The molecule has 0 radical (unpaired) electrons. The molecule has 0 fully saturated rings. The van der Waals surface area contributed by atoms with Crippen LogP contribution in [0.1, 0.15) is 375 Å². The Morgan fingerprint density at radius 3 is 0.957 bits per heavy atom. The fraction of sp³-hybridized carbons (Fsp3) is 0.805. The van der Waals surface area contributed by atoms with Gasteiger partial charge in [-0.15, -0.1) is 12.4 Å². The maximum Gasteiger partial charge on any atom is 0.314 e. The summed E-state index contributed by atoms with van der Waals surface area (Å²) in [5.41, 5.74) is 0. The lowest BCUT2D eigenvalue weighted by atomic mass is 10.0. The number of nitrogens with zero attached hydrogens (tertiary/aromatic N) is 2. The third-order valence-electron chi connectivity index (χ3n) is 17.8. The van der Waals surface area contributed by atoms with Crippen molar-refractivity contribution < 1.29 is 41.2 Å². The molecule has 0 aliphatic carbocycles. The van der Waals surface area contributed by atoms with E-state index in [0.29, 0.717) is 38.8 Å². The molecule has 0 aromatic carbocycles. The molecule has 93 heavy (non-hydrogen) atoms. The Bertz CT molecular complexity index is 1720. The summed E-state index contributed by atoms with van der Waals surface area (Å²) in [7, 11) is 4.04. The third kappa shape index (κ3) is 73.3. The van der Waals surface area contributed by atoms with Gasteiger partial charge in [0.05, 0.1) is 19.6 Å². The van der Waals surface area contributed by atoms with Crippen LogP contribution in [0.3, 0.4) is 0 Å². The maximum atomic E-state index is 13.3. The van der Waals surface area contributed by atoms with Gasteiger partial charge in [-0.3, -0.25) is 18.9 Å². The van der Waals surface area contributed by atoms with Gasteiger partial charge in [-0.2, -0.15) is 0 Å². The molecule has 1 unspecified atom stereocenters. The molecule has 0 aromatic heterocycles. The minimum absolute atomic E-state index is 0. The Kier molecular flexibility index (Phi) is 82.9. The van der Waals surface area contributed by atoms with Crippen molar-refractivity contribution in [3.05, 3.63) is 72.9 Å². The van der Waals surface area contributed by atoms with Crippen LogP contribution in [-0.2, 0) is 19.2 Å². The number of carbonyl (C=O) groups excluding carboxylic acids is 4. The summed E-state index contributed by atoms with van der Waals surface area (Å²) in [4.78, 5) is 53.5. The second-order valence-corrected chi connectivity index (χ2v) is 26.9. The number of likely N-dealkylation sites (N-methyl/N-ethyl adjacent to an activating group) is 1. The number of aliphatic hydroxyl groups is 1. The fourth-order valence-electron chi connectivity index (χ4n) is 11.6. The summed E-state index contributed by atoms with van der Waals surface area (Å²) in [6.07, 6.45) is 88.6. The first-order valence-electron chi connectivity index (χ1n) is 39.2.